The van der Waals surface area contributed by atoms with Crippen LogP contribution in [0.1, 0.15) is 51.0 Å². The number of para-hydroxylation sites is 1. The van der Waals surface area contributed by atoms with Crippen molar-refractivity contribution in [2.75, 3.05) is 33.2 Å². The molecule has 0 N–H and O–H groups in total. The van der Waals surface area contributed by atoms with Gasteiger partial charge in [-0.05, 0) is 25.0 Å². The molecule has 0 amide bonds. The van der Waals surface area contributed by atoms with E-state index in [0.29, 0.717) is 26.7 Å². The maximum atomic E-state index is 5.95. The lowest BCUT2D eigenvalue weighted by molar-refractivity contribution is -0.0196. The second-order valence-corrected chi connectivity index (χ2v) is 6.66. The summed E-state index contributed by atoms with van der Waals surface area (Å²) >= 11 is 0. The van der Waals surface area contributed by atoms with Crippen molar-refractivity contribution in [1.29, 1.82) is 0 Å². The molecule has 1 heterocycles. The summed E-state index contributed by atoms with van der Waals surface area (Å²) in [6.45, 7) is 7.80. The molecule has 136 valence electrons. The van der Waals surface area contributed by atoms with Gasteiger partial charge in [-0.15, -0.1) is 0 Å². The lowest BCUT2D eigenvalue weighted by Gasteiger charge is -2.19. The first kappa shape index (κ1) is 19.2. The summed E-state index contributed by atoms with van der Waals surface area (Å²) in [5.41, 5.74) is 1.15. The SMILES string of the molecule is CCCCCCCCN1COC[C@H](COc2ccccc2C)OC1. The van der Waals surface area contributed by atoms with E-state index in [9.17, 15) is 0 Å². The molecule has 0 bridgehead atoms. The third-order valence-corrected chi connectivity index (χ3v) is 4.42. The standard InChI is InChI=1S/C20H33NO3/c1-3-4-5-6-7-10-13-21-16-22-14-19(24-17-21)15-23-20-12-9-8-11-18(20)2/h8-9,11-12,19H,3-7,10,13-17H2,1-2H3/t19-/m1/s1. The highest BCUT2D eigenvalue weighted by Gasteiger charge is 2.18. The third kappa shape index (κ3) is 7.20. The van der Waals surface area contributed by atoms with E-state index in [1.54, 1.807) is 0 Å². The molecule has 1 saturated heterocycles. The van der Waals surface area contributed by atoms with Crippen LogP contribution in [0.2, 0.25) is 0 Å². The van der Waals surface area contributed by atoms with Crippen molar-refractivity contribution in [1.82, 2.24) is 4.90 Å². The van der Waals surface area contributed by atoms with Crippen LogP contribution in [0.25, 0.3) is 0 Å². The predicted octanol–water partition coefficient (Wildman–Crippen LogP) is 4.37. The number of aryl methyl sites for hydroxylation is 1. The Hall–Kier alpha value is -1.10. The van der Waals surface area contributed by atoms with Crippen molar-refractivity contribution in [3.8, 4) is 5.75 Å². The topological polar surface area (TPSA) is 30.9 Å². The van der Waals surface area contributed by atoms with E-state index in [0.717, 1.165) is 17.9 Å². The zero-order chi connectivity index (χ0) is 17.0. The Morgan fingerprint density at radius 3 is 2.71 bits per heavy atom. The van der Waals surface area contributed by atoms with E-state index in [2.05, 4.69) is 24.8 Å². The average molecular weight is 335 g/mol. The molecule has 0 aliphatic carbocycles. The molecule has 2 rings (SSSR count). The minimum Gasteiger partial charge on any atom is -0.491 e. The lowest BCUT2D eigenvalue weighted by Crippen LogP contribution is -2.29. The van der Waals surface area contributed by atoms with Crippen molar-refractivity contribution < 1.29 is 14.2 Å². The van der Waals surface area contributed by atoms with Crippen LogP contribution in [-0.4, -0.2) is 44.2 Å². The molecule has 0 spiro atoms. The minimum atomic E-state index is -0.000777. The van der Waals surface area contributed by atoms with Gasteiger partial charge < -0.3 is 14.2 Å². The normalized spacial score (nSPS) is 19.2. The van der Waals surface area contributed by atoms with Gasteiger partial charge in [0.05, 0.1) is 6.61 Å². The number of ether oxygens (including phenoxy) is 3. The molecule has 0 unspecified atom stereocenters. The van der Waals surface area contributed by atoms with Gasteiger partial charge in [0.15, 0.2) is 0 Å². The second kappa shape index (κ2) is 11.5. The van der Waals surface area contributed by atoms with Crippen LogP contribution in [0.3, 0.4) is 0 Å². The van der Waals surface area contributed by atoms with Gasteiger partial charge in [-0.1, -0.05) is 57.2 Å². The fraction of sp³-hybridized carbons (Fsp3) is 0.700. The molecule has 4 nitrogen and oxygen atoms in total. The molecule has 0 aromatic heterocycles. The number of rotatable bonds is 10. The molecule has 4 heteroatoms. The molecule has 1 atom stereocenters. The fourth-order valence-electron chi connectivity index (χ4n) is 2.85. The van der Waals surface area contributed by atoms with Gasteiger partial charge in [0, 0.05) is 6.54 Å². The van der Waals surface area contributed by atoms with Gasteiger partial charge in [0.1, 0.15) is 31.9 Å². The Bertz CT molecular complexity index is 452. The van der Waals surface area contributed by atoms with Crippen LogP contribution in [0.4, 0.5) is 0 Å². The van der Waals surface area contributed by atoms with Gasteiger partial charge in [-0.3, -0.25) is 4.90 Å². The largest absolute Gasteiger partial charge is 0.491 e. The van der Waals surface area contributed by atoms with Crippen LogP contribution in [0.5, 0.6) is 5.75 Å². The summed E-state index contributed by atoms with van der Waals surface area (Å²) in [4.78, 5) is 2.24. The minimum absolute atomic E-state index is 0.000777. The molecule has 0 saturated carbocycles. The van der Waals surface area contributed by atoms with Crippen LogP contribution < -0.4 is 4.74 Å². The van der Waals surface area contributed by atoms with E-state index < -0.39 is 0 Å². The molecule has 0 radical (unpaired) electrons. The van der Waals surface area contributed by atoms with E-state index in [4.69, 9.17) is 14.2 Å². The second-order valence-electron chi connectivity index (χ2n) is 6.66. The van der Waals surface area contributed by atoms with Crippen molar-refractivity contribution in [3.63, 3.8) is 0 Å². The number of benzene rings is 1. The Morgan fingerprint density at radius 2 is 1.88 bits per heavy atom. The van der Waals surface area contributed by atoms with E-state index in [-0.39, 0.29) is 6.10 Å². The fourth-order valence-corrected chi connectivity index (χ4v) is 2.85. The molecule has 24 heavy (non-hydrogen) atoms. The zero-order valence-electron chi connectivity index (χ0n) is 15.3. The average Bonchev–Trinajstić information content (AvgIpc) is 2.83. The summed E-state index contributed by atoms with van der Waals surface area (Å²) in [6.07, 6.45) is 7.90. The van der Waals surface area contributed by atoms with Crippen LogP contribution in [0, 0.1) is 6.92 Å². The van der Waals surface area contributed by atoms with Crippen molar-refractivity contribution in [2.45, 2.75) is 58.5 Å². The number of unbranched alkanes of at least 4 members (excludes halogenated alkanes) is 5. The Kier molecular flexibility index (Phi) is 9.18. The highest BCUT2D eigenvalue weighted by Crippen LogP contribution is 2.17. The van der Waals surface area contributed by atoms with Crippen LogP contribution in [-0.2, 0) is 9.47 Å². The maximum Gasteiger partial charge on any atom is 0.122 e. The Labute approximate surface area is 147 Å². The lowest BCUT2D eigenvalue weighted by atomic mass is 10.1. The molecule has 1 aliphatic heterocycles. The summed E-state index contributed by atoms with van der Waals surface area (Å²) in [5, 5.41) is 0. The summed E-state index contributed by atoms with van der Waals surface area (Å²) in [6, 6.07) is 8.07. The van der Waals surface area contributed by atoms with E-state index in [1.165, 1.54) is 38.5 Å². The predicted molar refractivity (Wildman–Crippen MR) is 97.3 cm³/mol. The van der Waals surface area contributed by atoms with Gasteiger partial charge in [-0.25, -0.2) is 0 Å². The molecule has 1 aliphatic rings. The van der Waals surface area contributed by atoms with Crippen LogP contribution >= 0.6 is 0 Å². The van der Waals surface area contributed by atoms with Crippen molar-refractivity contribution >= 4 is 0 Å². The number of hydrogen-bond donors (Lipinski definition) is 0. The molecule has 1 aromatic carbocycles. The quantitative estimate of drug-likeness (QED) is 0.594. The summed E-state index contributed by atoms with van der Waals surface area (Å²) in [5.74, 6) is 0.925. The molecular formula is C20H33NO3. The number of hydrogen-bond acceptors (Lipinski definition) is 4. The molecule has 1 fully saturated rings. The van der Waals surface area contributed by atoms with Gasteiger partial charge in [-0.2, -0.15) is 0 Å². The van der Waals surface area contributed by atoms with E-state index >= 15 is 0 Å². The zero-order valence-corrected chi connectivity index (χ0v) is 15.3. The first-order valence-electron chi connectivity index (χ1n) is 9.39. The highest BCUT2D eigenvalue weighted by atomic mass is 16.6. The van der Waals surface area contributed by atoms with Gasteiger partial charge in [0.2, 0.25) is 0 Å². The molecule has 1 aromatic rings. The Balaban J connectivity index is 1.61. The van der Waals surface area contributed by atoms with Crippen molar-refractivity contribution in [3.05, 3.63) is 29.8 Å². The summed E-state index contributed by atoms with van der Waals surface area (Å²) < 4.78 is 17.6. The summed E-state index contributed by atoms with van der Waals surface area (Å²) in [7, 11) is 0. The Morgan fingerprint density at radius 1 is 1.08 bits per heavy atom. The van der Waals surface area contributed by atoms with Gasteiger partial charge >= 0.3 is 0 Å². The van der Waals surface area contributed by atoms with Gasteiger partial charge in [0.25, 0.3) is 0 Å². The highest BCUT2D eigenvalue weighted by molar-refractivity contribution is 5.31. The molecular weight excluding hydrogens is 302 g/mol. The van der Waals surface area contributed by atoms with E-state index in [1.807, 2.05) is 18.2 Å². The van der Waals surface area contributed by atoms with Crippen LogP contribution in [0.15, 0.2) is 24.3 Å². The first-order chi connectivity index (χ1) is 11.8. The third-order valence-electron chi connectivity index (χ3n) is 4.42. The number of nitrogens with zero attached hydrogens (tertiary/aromatic N) is 1. The van der Waals surface area contributed by atoms with Crippen molar-refractivity contribution in [2.24, 2.45) is 0 Å². The first-order valence-corrected chi connectivity index (χ1v) is 9.39. The maximum absolute atomic E-state index is 5.95. The smallest absolute Gasteiger partial charge is 0.122 e. The monoisotopic (exact) mass is 335 g/mol.